The van der Waals surface area contributed by atoms with E-state index in [1.165, 1.54) is 24.3 Å². The molecule has 0 amide bonds. The first-order valence-electron chi connectivity index (χ1n) is 4.44. The van der Waals surface area contributed by atoms with Gasteiger partial charge in [0.05, 0.1) is 6.42 Å². The first kappa shape index (κ1) is 11.2. The Kier molecular flexibility index (Phi) is 3.44. The molecule has 0 aliphatic carbocycles. The molecule has 0 saturated carbocycles. The Bertz CT molecular complexity index is 413. The van der Waals surface area contributed by atoms with E-state index < -0.39 is 5.97 Å². The maximum atomic E-state index is 13.0. The predicted octanol–water partition coefficient (Wildman–Crippen LogP) is 2.20. The fourth-order valence-electron chi connectivity index (χ4n) is 1.20. The minimum Gasteiger partial charge on any atom is -0.481 e. The number of rotatable bonds is 3. The van der Waals surface area contributed by atoms with Gasteiger partial charge in [0.25, 0.3) is 0 Å². The maximum absolute atomic E-state index is 13.0. The standard InChI is InChI=1S/C11H12FNO2/c1-7-5-9(12)6-8(11(7)13)3-2-4-10(14)15/h2-3,5-6H,4,13H2,1H3,(H,14,15). The summed E-state index contributed by atoms with van der Waals surface area (Å²) in [5.41, 5.74) is 7.33. The monoisotopic (exact) mass is 209 g/mol. The number of benzene rings is 1. The van der Waals surface area contributed by atoms with Gasteiger partial charge >= 0.3 is 5.97 Å². The third-order valence-corrected chi connectivity index (χ3v) is 1.97. The Labute approximate surface area is 87.0 Å². The summed E-state index contributed by atoms with van der Waals surface area (Å²) in [4.78, 5) is 10.3. The molecule has 80 valence electrons. The van der Waals surface area contributed by atoms with E-state index in [9.17, 15) is 9.18 Å². The first-order chi connectivity index (χ1) is 7.00. The van der Waals surface area contributed by atoms with Gasteiger partial charge in [0.1, 0.15) is 5.82 Å². The van der Waals surface area contributed by atoms with Gasteiger partial charge in [-0.1, -0.05) is 12.2 Å². The van der Waals surface area contributed by atoms with Crippen molar-refractivity contribution < 1.29 is 14.3 Å². The molecule has 1 aromatic rings. The number of aryl methyl sites for hydroxylation is 1. The number of anilines is 1. The number of nitrogen functional groups attached to an aromatic ring is 1. The topological polar surface area (TPSA) is 63.3 Å². The molecule has 0 heterocycles. The number of hydrogen-bond donors (Lipinski definition) is 2. The highest BCUT2D eigenvalue weighted by molar-refractivity contribution is 5.73. The summed E-state index contributed by atoms with van der Waals surface area (Å²) in [5, 5.41) is 8.41. The highest BCUT2D eigenvalue weighted by Gasteiger charge is 2.02. The number of carbonyl (C=O) groups is 1. The van der Waals surface area contributed by atoms with Crippen molar-refractivity contribution in [1.82, 2.24) is 0 Å². The van der Waals surface area contributed by atoms with E-state index in [0.717, 1.165) is 0 Å². The second kappa shape index (κ2) is 4.59. The van der Waals surface area contributed by atoms with Crippen molar-refractivity contribution in [3.05, 3.63) is 35.2 Å². The van der Waals surface area contributed by atoms with Crippen LogP contribution in [-0.4, -0.2) is 11.1 Å². The molecule has 3 nitrogen and oxygen atoms in total. The zero-order chi connectivity index (χ0) is 11.4. The second-order valence-electron chi connectivity index (χ2n) is 3.23. The van der Waals surface area contributed by atoms with E-state index in [2.05, 4.69) is 0 Å². The highest BCUT2D eigenvalue weighted by atomic mass is 19.1. The van der Waals surface area contributed by atoms with Crippen LogP contribution < -0.4 is 5.73 Å². The molecule has 0 atom stereocenters. The van der Waals surface area contributed by atoms with Gasteiger partial charge in [0.15, 0.2) is 0 Å². The average molecular weight is 209 g/mol. The molecular formula is C11H12FNO2. The molecule has 0 radical (unpaired) electrons. The Morgan fingerprint density at radius 2 is 2.27 bits per heavy atom. The Morgan fingerprint density at radius 3 is 2.87 bits per heavy atom. The lowest BCUT2D eigenvalue weighted by atomic mass is 10.1. The number of halogens is 1. The highest BCUT2D eigenvalue weighted by Crippen LogP contribution is 2.20. The molecule has 0 aliphatic heterocycles. The van der Waals surface area contributed by atoms with Gasteiger partial charge in [-0.25, -0.2) is 4.39 Å². The van der Waals surface area contributed by atoms with E-state index in [-0.39, 0.29) is 12.2 Å². The minimum absolute atomic E-state index is 0.102. The normalized spacial score (nSPS) is 10.8. The molecule has 1 aromatic carbocycles. The van der Waals surface area contributed by atoms with Crippen LogP contribution in [0.2, 0.25) is 0 Å². The van der Waals surface area contributed by atoms with Crippen LogP contribution in [0.4, 0.5) is 10.1 Å². The van der Waals surface area contributed by atoms with Crippen LogP contribution in [0.5, 0.6) is 0 Å². The largest absolute Gasteiger partial charge is 0.481 e. The Morgan fingerprint density at radius 1 is 1.60 bits per heavy atom. The summed E-state index contributed by atoms with van der Waals surface area (Å²) in [7, 11) is 0. The molecule has 0 bridgehead atoms. The molecule has 0 unspecified atom stereocenters. The minimum atomic E-state index is -0.932. The van der Waals surface area contributed by atoms with E-state index >= 15 is 0 Å². The van der Waals surface area contributed by atoms with Crippen molar-refractivity contribution >= 4 is 17.7 Å². The molecule has 3 N–H and O–H groups in total. The molecule has 1 rings (SSSR count). The summed E-state index contributed by atoms with van der Waals surface area (Å²) in [5.74, 6) is -1.31. The molecule has 0 saturated heterocycles. The third-order valence-electron chi connectivity index (χ3n) is 1.97. The number of carboxylic acids is 1. The van der Waals surface area contributed by atoms with E-state index in [1.54, 1.807) is 6.92 Å². The SMILES string of the molecule is Cc1cc(F)cc(C=CCC(=O)O)c1N. The van der Waals surface area contributed by atoms with Crippen molar-refractivity contribution in [3.8, 4) is 0 Å². The van der Waals surface area contributed by atoms with Gasteiger partial charge in [-0.3, -0.25) is 4.79 Å². The molecular weight excluding hydrogens is 197 g/mol. The molecule has 15 heavy (non-hydrogen) atoms. The summed E-state index contributed by atoms with van der Waals surface area (Å²) < 4.78 is 13.0. The van der Waals surface area contributed by atoms with Gasteiger partial charge in [0, 0.05) is 11.3 Å². The van der Waals surface area contributed by atoms with Crippen LogP contribution in [0, 0.1) is 12.7 Å². The van der Waals surface area contributed by atoms with Crippen molar-refractivity contribution in [3.63, 3.8) is 0 Å². The maximum Gasteiger partial charge on any atom is 0.307 e. The zero-order valence-electron chi connectivity index (χ0n) is 8.33. The summed E-state index contributed by atoms with van der Waals surface area (Å²) in [6.45, 7) is 1.70. The molecule has 0 spiro atoms. The van der Waals surface area contributed by atoms with Gasteiger partial charge in [-0.05, 0) is 24.6 Å². The lowest BCUT2D eigenvalue weighted by Gasteiger charge is -2.04. The first-order valence-corrected chi connectivity index (χ1v) is 4.44. The Hall–Kier alpha value is -1.84. The van der Waals surface area contributed by atoms with Crippen molar-refractivity contribution in [2.75, 3.05) is 5.73 Å². The van der Waals surface area contributed by atoms with E-state index in [0.29, 0.717) is 16.8 Å². The van der Waals surface area contributed by atoms with Crippen LogP contribution in [0.1, 0.15) is 17.5 Å². The number of nitrogens with two attached hydrogens (primary N) is 1. The van der Waals surface area contributed by atoms with Crippen LogP contribution in [0.15, 0.2) is 18.2 Å². The fourth-order valence-corrected chi connectivity index (χ4v) is 1.20. The van der Waals surface area contributed by atoms with Crippen molar-refractivity contribution in [2.45, 2.75) is 13.3 Å². The average Bonchev–Trinajstić information content (AvgIpc) is 2.12. The smallest absolute Gasteiger partial charge is 0.307 e. The lowest BCUT2D eigenvalue weighted by Crippen LogP contribution is -1.95. The number of hydrogen-bond acceptors (Lipinski definition) is 2. The zero-order valence-corrected chi connectivity index (χ0v) is 8.33. The third kappa shape index (κ3) is 3.09. The Balaban J connectivity index is 2.94. The summed E-state index contributed by atoms with van der Waals surface area (Å²) >= 11 is 0. The van der Waals surface area contributed by atoms with E-state index in [4.69, 9.17) is 10.8 Å². The predicted molar refractivity (Wildman–Crippen MR) is 56.8 cm³/mol. The summed E-state index contributed by atoms with van der Waals surface area (Å²) in [6.07, 6.45) is 2.85. The van der Waals surface area contributed by atoms with Gasteiger partial charge in [-0.2, -0.15) is 0 Å². The number of carboxylic acid groups (broad SMARTS) is 1. The molecule has 0 aliphatic rings. The molecule has 0 aromatic heterocycles. The van der Waals surface area contributed by atoms with Crippen LogP contribution in [0.3, 0.4) is 0 Å². The van der Waals surface area contributed by atoms with Gasteiger partial charge < -0.3 is 10.8 Å². The van der Waals surface area contributed by atoms with Crippen LogP contribution in [-0.2, 0) is 4.79 Å². The lowest BCUT2D eigenvalue weighted by molar-refractivity contribution is -0.135. The van der Waals surface area contributed by atoms with Gasteiger partial charge in [-0.15, -0.1) is 0 Å². The van der Waals surface area contributed by atoms with Crippen molar-refractivity contribution in [1.29, 1.82) is 0 Å². The van der Waals surface area contributed by atoms with E-state index in [1.807, 2.05) is 0 Å². The number of aliphatic carboxylic acids is 1. The summed E-state index contributed by atoms with van der Waals surface area (Å²) in [6, 6.07) is 2.62. The second-order valence-corrected chi connectivity index (χ2v) is 3.23. The molecule has 4 heteroatoms. The van der Waals surface area contributed by atoms with Crippen LogP contribution >= 0.6 is 0 Å². The quantitative estimate of drug-likeness (QED) is 0.750. The van der Waals surface area contributed by atoms with Crippen LogP contribution in [0.25, 0.3) is 6.08 Å². The fraction of sp³-hybridized carbons (Fsp3) is 0.182. The van der Waals surface area contributed by atoms with Crippen molar-refractivity contribution in [2.24, 2.45) is 0 Å². The van der Waals surface area contributed by atoms with Gasteiger partial charge in [0.2, 0.25) is 0 Å². The molecule has 0 fully saturated rings.